The van der Waals surface area contributed by atoms with E-state index < -0.39 is 0 Å². The minimum atomic E-state index is -0.140. The van der Waals surface area contributed by atoms with Crippen LogP contribution in [0.15, 0.2) is 83.3 Å². The van der Waals surface area contributed by atoms with Gasteiger partial charge in [0.2, 0.25) is 0 Å². The van der Waals surface area contributed by atoms with Gasteiger partial charge in [0, 0.05) is 28.6 Å². The lowest BCUT2D eigenvalue weighted by Gasteiger charge is -2.10. The van der Waals surface area contributed by atoms with E-state index in [4.69, 9.17) is 4.98 Å². The zero-order valence-corrected chi connectivity index (χ0v) is 17.8. The molecule has 0 fully saturated rings. The number of imidazole rings is 1. The Hall–Kier alpha value is -3.25. The molecule has 0 unspecified atom stereocenters. The first kappa shape index (κ1) is 20.0. The van der Waals surface area contributed by atoms with Gasteiger partial charge in [0.15, 0.2) is 5.78 Å². The van der Waals surface area contributed by atoms with E-state index in [-0.39, 0.29) is 18.2 Å². The molecule has 4 aromatic rings. The molecule has 0 aliphatic rings. The number of carbonyl (C=O) groups is 2. The van der Waals surface area contributed by atoms with Crippen LogP contribution in [0.5, 0.6) is 0 Å². The van der Waals surface area contributed by atoms with Crippen LogP contribution < -0.4 is 5.32 Å². The van der Waals surface area contributed by atoms with Gasteiger partial charge in [-0.05, 0) is 30.3 Å². The molecular weight excluding hydrogens is 442 g/mol. The Kier molecular flexibility index (Phi) is 6.05. The van der Waals surface area contributed by atoms with E-state index in [1.807, 2.05) is 71.3 Å². The Morgan fingerprint density at radius 2 is 1.63 bits per heavy atom. The van der Waals surface area contributed by atoms with Crippen LogP contribution in [0.1, 0.15) is 26.5 Å². The van der Waals surface area contributed by atoms with E-state index in [0.717, 1.165) is 21.3 Å². The van der Waals surface area contributed by atoms with Crippen molar-refractivity contribution in [3.63, 3.8) is 0 Å². The number of carbonyl (C=O) groups excluding carboxylic acids is 2. The number of fused-ring (bicyclic) bond motifs is 1. The number of nitrogens with one attached hydrogen (secondary N) is 1. The van der Waals surface area contributed by atoms with Crippen LogP contribution in [0.3, 0.4) is 0 Å². The van der Waals surface area contributed by atoms with Crippen molar-refractivity contribution in [2.24, 2.45) is 0 Å². The summed E-state index contributed by atoms with van der Waals surface area (Å²) in [6.07, 6.45) is 0.524. The van der Waals surface area contributed by atoms with Gasteiger partial charge in [0.25, 0.3) is 5.91 Å². The number of ketones is 1. The van der Waals surface area contributed by atoms with Gasteiger partial charge in [-0.1, -0.05) is 64.5 Å². The highest BCUT2D eigenvalue weighted by molar-refractivity contribution is 9.10. The molecule has 150 valence electrons. The summed E-state index contributed by atoms with van der Waals surface area (Å²) in [5.74, 6) is 0.660. The fourth-order valence-corrected chi connectivity index (χ4v) is 3.77. The first-order valence-corrected chi connectivity index (χ1v) is 10.5. The van der Waals surface area contributed by atoms with Crippen LogP contribution in [-0.2, 0) is 13.0 Å². The normalized spacial score (nSPS) is 10.8. The highest BCUT2D eigenvalue weighted by Crippen LogP contribution is 2.18. The average molecular weight is 462 g/mol. The quantitative estimate of drug-likeness (QED) is 0.407. The van der Waals surface area contributed by atoms with Crippen LogP contribution in [0.25, 0.3) is 11.0 Å². The second-order valence-corrected chi connectivity index (χ2v) is 7.82. The second-order valence-electron chi connectivity index (χ2n) is 6.91. The topological polar surface area (TPSA) is 64.0 Å². The number of para-hydroxylation sites is 2. The van der Waals surface area contributed by atoms with Gasteiger partial charge in [-0.3, -0.25) is 9.59 Å². The Bertz CT molecular complexity index is 1200. The van der Waals surface area contributed by atoms with Crippen LogP contribution in [0, 0.1) is 0 Å². The SMILES string of the molecule is O=C(Cn1c(CCNC(=O)c2cccc(Br)c2)nc2ccccc21)c1ccccc1. The van der Waals surface area contributed by atoms with E-state index in [9.17, 15) is 9.59 Å². The summed E-state index contributed by atoms with van der Waals surface area (Å²) in [7, 11) is 0. The predicted molar refractivity (Wildman–Crippen MR) is 121 cm³/mol. The average Bonchev–Trinajstić information content (AvgIpc) is 3.11. The minimum absolute atomic E-state index is 0.0261. The summed E-state index contributed by atoms with van der Waals surface area (Å²) in [5, 5.41) is 2.93. The lowest BCUT2D eigenvalue weighted by atomic mass is 10.1. The van der Waals surface area contributed by atoms with Crippen LogP contribution in [0.2, 0.25) is 0 Å². The molecule has 1 amide bonds. The zero-order chi connectivity index (χ0) is 20.9. The van der Waals surface area contributed by atoms with Gasteiger partial charge >= 0.3 is 0 Å². The lowest BCUT2D eigenvalue weighted by Crippen LogP contribution is -2.26. The molecule has 4 rings (SSSR count). The molecule has 0 saturated carbocycles. The van der Waals surface area contributed by atoms with Gasteiger partial charge in [-0.25, -0.2) is 4.98 Å². The molecule has 5 nitrogen and oxygen atoms in total. The van der Waals surface area contributed by atoms with Crippen molar-refractivity contribution < 1.29 is 9.59 Å². The highest BCUT2D eigenvalue weighted by Gasteiger charge is 2.15. The summed E-state index contributed by atoms with van der Waals surface area (Å²) in [5.41, 5.74) is 3.02. The highest BCUT2D eigenvalue weighted by atomic mass is 79.9. The van der Waals surface area contributed by atoms with Crippen LogP contribution in [0.4, 0.5) is 0 Å². The molecule has 6 heteroatoms. The summed E-state index contributed by atoms with van der Waals surface area (Å²) in [6.45, 7) is 0.633. The second kappa shape index (κ2) is 9.05. The van der Waals surface area contributed by atoms with Crippen molar-refractivity contribution in [3.05, 3.63) is 100 Å². The van der Waals surface area contributed by atoms with Crippen LogP contribution >= 0.6 is 15.9 Å². The van der Waals surface area contributed by atoms with Crippen molar-refractivity contribution in [2.75, 3.05) is 6.54 Å². The van der Waals surface area contributed by atoms with Gasteiger partial charge < -0.3 is 9.88 Å². The molecule has 0 aliphatic carbocycles. The molecule has 1 heterocycles. The van der Waals surface area contributed by atoms with Crippen LogP contribution in [-0.4, -0.2) is 27.8 Å². The predicted octanol–water partition coefficient (Wildman–Crippen LogP) is 4.65. The first-order valence-electron chi connectivity index (χ1n) is 9.68. The summed E-state index contributed by atoms with van der Waals surface area (Å²) in [4.78, 5) is 29.9. The number of Topliss-reactive ketones (excluding diaryl/α,β-unsaturated/α-hetero) is 1. The Morgan fingerprint density at radius 3 is 2.43 bits per heavy atom. The number of benzene rings is 3. The van der Waals surface area contributed by atoms with E-state index >= 15 is 0 Å². The summed E-state index contributed by atoms with van der Waals surface area (Å²) < 4.78 is 2.80. The first-order chi connectivity index (χ1) is 14.6. The van der Waals surface area contributed by atoms with Gasteiger partial charge in [-0.15, -0.1) is 0 Å². The third-order valence-electron chi connectivity index (χ3n) is 4.85. The molecule has 0 saturated heterocycles. The monoisotopic (exact) mass is 461 g/mol. The Morgan fingerprint density at radius 1 is 0.900 bits per heavy atom. The minimum Gasteiger partial charge on any atom is -0.352 e. The maximum atomic E-state index is 12.8. The number of hydrogen-bond donors (Lipinski definition) is 1. The zero-order valence-electron chi connectivity index (χ0n) is 16.2. The molecule has 0 aliphatic heterocycles. The molecule has 1 N–H and O–H groups in total. The standard InChI is InChI=1S/C24H20BrN3O2/c25-19-10-6-9-18(15-19)24(30)26-14-13-23-27-20-11-4-5-12-21(20)28(23)16-22(29)17-7-2-1-3-8-17/h1-12,15H,13-14,16H2,(H,26,30). The fourth-order valence-electron chi connectivity index (χ4n) is 3.37. The number of hydrogen-bond acceptors (Lipinski definition) is 3. The van der Waals surface area contributed by atoms with E-state index in [1.54, 1.807) is 12.1 Å². The molecular formula is C24H20BrN3O2. The number of amides is 1. The largest absolute Gasteiger partial charge is 0.352 e. The van der Waals surface area contributed by atoms with Crippen molar-refractivity contribution in [3.8, 4) is 0 Å². The molecule has 0 bridgehead atoms. The Labute approximate surface area is 182 Å². The molecule has 0 radical (unpaired) electrons. The van der Waals surface area contributed by atoms with Gasteiger partial charge in [0.1, 0.15) is 5.82 Å². The summed E-state index contributed by atoms with van der Waals surface area (Å²) in [6, 6.07) is 24.3. The number of nitrogens with zero attached hydrogens (tertiary/aromatic N) is 2. The van der Waals surface area contributed by atoms with E-state index in [1.165, 1.54) is 0 Å². The molecule has 30 heavy (non-hydrogen) atoms. The smallest absolute Gasteiger partial charge is 0.251 e. The fraction of sp³-hybridized carbons (Fsp3) is 0.125. The molecule has 0 spiro atoms. The lowest BCUT2D eigenvalue weighted by molar-refractivity contribution is 0.0948. The summed E-state index contributed by atoms with van der Waals surface area (Å²) >= 11 is 3.38. The van der Waals surface area contributed by atoms with Crippen molar-refractivity contribution >= 4 is 38.7 Å². The number of rotatable bonds is 7. The van der Waals surface area contributed by atoms with Gasteiger partial charge in [-0.2, -0.15) is 0 Å². The van der Waals surface area contributed by atoms with Crippen molar-refractivity contribution in [1.82, 2.24) is 14.9 Å². The Balaban J connectivity index is 1.51. The van der Waals surface area contributed by atoms with E-state index in [2.05, 4.69) is 21.2 Å². The third-order valence-corrected chi connectivity index (χ3v) is 5.35. The van der Waals surface area contributed by atoms with Crippen molar-refractivity contribution in [2.45, 2.75) is 13.0 Å². The molecule has 0 atom stereocenters. The maximum absolute atomic E-state index is 12.8. The maximum Gasteiger partial charge on any atom is 0.251 e. The van der Waals surface area contributed by atoms with Crippen molar-refractivity contribution in [1.29, 1.82) is 0 Å². The van der Waals surface area contributed by atoms with E-state index in [0.29, 0.717) is 24.1 Å². The van der Waals surface area contributed by atoms with Gasteiger partial charge in [0.05, 0.1) is 17.6 Å². The number of halogens is 1. The molecule has 3 aromatic carbocycles. The molecule has 1 aromatic heterocycles. The number of aromatic nitrogens is 2. The third kappa shape index (κ3) is 4.49.